The maximum atomic E-state index is 10.7. The summed E-state index contributed by atoms with van der Waals surface area (Å²) in [6.07, 6.45) is 0. The van der Waals surface area contributed by atoms with E-state index in [4.69, 9.17) is 11.8 Å². The maximum absolute atomic E-state index is 10.7. The van der Waals surface area contributed by atoms with Crippen LogP contribution in [0.4, 0.5) is 9.59 Å². The van der Waals surface area contributed by atoms with Gasteiger partial charge in [-0.2, -0.15) is 3.93 Å². The van der Waals surface area contributed by atoms with Gasteiger partial charge in [-0.15, -0.1) is 0 Å². The molecule has 2 fully saturated rings. The number of amides is 6. The zero-order chi connectivity index (χ0) is 14.0. The molecule has 8 nitrogen and oxygen atoms in total. The number of carbonyl (C=O) groups is 4. The first-order valence-electron chi connectivity index (χ1n) is 4.73. The molecule has 0 unspecified atom stereocenters. The highest BCUT2D eigenvalue weighted by Gasteiger charge is 2.33. The Bertz CT molecular complexity index is 380. The van der Waals surface area contributed by atoms with Crippen molar-refractivity contribution < 1.29 is 19.2 Å². The van der Waals surface area contributed by atoms with E-state index < -0.39 is 6.03 Å². The lowest BCUT2D eigenvalue weighted by atomic mass is 10.6. The number of hydrogen-bond donors (Lipinski definition) is 0. The second-order valence-corrected chi connectivity index (χ2v) is 4.69. The summed E-state index contributed by atoms with van der Waals surface area (Å²) in [6, 6.07) is -0.762. The average molecular weight is 342 g/mol. The molecule has 0 radical (unpaired) electrons. The first-order chi connectivity index (χ1) is 8.25. The minimum atomic E-state index is -0.540. The molecule has 2 aliphatic rings. The van der Waals surface area contributed by atoms with E-state index in [1.807, 2.05) is 0 Å². The van der Waals surface area contributed by atoms with E-state index in [1.54, 1.807) is 7.05 Å². The van der Waals surface area contributed by atoms with Crippen LogP contribution in [0, 0.1) is 0 Å². The first-order valence-corrected chi connectivity index (χ1v) is 5.78. The molecule has 2 heterocycles. The van der Waals surface area contributed by atoms with E-state index >= 15 is 0 Å². The molecular formula is C8H10BrClN4O4. The topological polar surface area (TPSA) is 81.2 Å². The molecular weight excluding hydrogens is 331 g/mol. The predicted molar refractivity (Wildman–Crippen MR) is 64.5 cm³/mol. The quantitative estimate of drug-likeness (QED) is 0.466. The van der Waals surface area contributed by atoms with Crippen molar-refractivity contribution in [2.24, 2.45) is 0 Å². The summed E-state index contributed by atoms with van der Waals surface area (Å²) in [5, 5.41) is 0. The number of carbonyl (C=O) groups excluding carboxylic acids is 4. The summed E-state index contributed by atoms with van der Waals surface area (Å²) < 4.78 is 1.59. The highest BCUT2D eigenvalue weighted by molar-refractivity contribution is 9.08. The fraction of sp³-hybridized carbons (Fsp3) is 0.500. The fourth-order valence-electron chi connectivity index (χ4n) is 1.19. The van der Waals surface area contributed by atoms with Crippen LogP contribution < -0.4 is 0 Å². The molecule has 0 atom stereocenters. The van der Waals surface area contributed by atoms with Gasteiger partial charge in [0.05, 0.1) is 16.1 Å². The van der Waals surface area contributed by atoms with Crippen LogP contribution in [0.2, 0.25) is 0 Å². The molecule has 100 valence electrons. The lowest BCUT2D eigenvalue weighted by Crippen LogP contribution is -2.27. The van der Waals surface area contributed by atoms with Crippen molar-refractivity contribution in [3.63, 3.8) is 0 Å². The van der Waals surface area contributed by atoms with E-state index in [2.05, 4.69) is 16.1 Å². The second-order valence-electron chi connectivity index (χ2n) is 3.57. The minimum absolute atomic E-state index is 0.0639. The van der Waals surface area contributed by atoms with E-state index in [-0.39, 0.29) is 30.9 Å². The Morgan fingerprint density at radius 1 is 1.00 bits per heavy atom. The van der Waals surface area contributed by atoms with E-state index in [9.17, 15) is 19.2 Å². The molecule has 2 rings (SSSR count). The van der Waals surface area contributed by atoms with Gasteiger partial charge in [0.1, 0.15) is 13.1 Å². The summed E-state index contributed by atoms with van der Waals surface area (Å²) in [4.78, 5) is 45.0. The summed E-state index contributed by atoms with van der Waals surface area (Å²) in [6.45, 7) is 0.154. The Labute approximate surface area is 116 Å². The molecule has 0 aliphatic carbocycles. The van der Waals surface area contributed by atoms with E-state index in [0.717, 1.165) is 13.2 Å². The SMILES string of the molecule is CN1CC(=O)N(C)C1=O.O=C1CN(Cl)C(=O)N1Br. The van der Waals surface area contributed by atoms with Gasteiger partial charge in [-0.3, -0.25) is 14.5 Å². The van der Waals surface area contributed by atoms with Gasteiger partial charge in [0.15, 0.2) is 0 Å². The van der Waals surface area contributed by atoms with Crippen molar-refractivity contribution in [2.75, 3.05) is 27.2 Å². The van der Waals surface area contributed by atoms with Crippen LogP contribution in [-0.2, 0) is 9.59 Å². The van der Waals surface area contributed by atoms with Gasteiger partial charge in [-0.25, -0.2) is 14.0 Å². The van der Waals surface area contributed by atoms with Crippen molar-refractivity contribution in [1.29, 1.82) is 0 Å². The zero-order valence-electron chi connectivity index (χ0n) is 9.59. The molecule has 2 aliphatic heterocycles. The molecule has 0 N–H and O–H groups in total. The number of likely N-dealkylation sites (N-methyl/N-ethyl adjacent to an activating group) is 2. The van der Waals surface area contributed by atoms with Gasteiger partial charge in [0.25, 0.3) is 5.91 Å². The van der Waals surface area contributed by atoms with E-state index in [0.29, 0.717) is 0 Å². The fourth-order valence-corrected chi connectivity index (χ4v) is 1.76. The highest BCUT2D eigenvalue weighted by Crippen LogP contribution is 2.15. The minimum Gasteiger partial charge on any atom is -0.318 e. The summed E-state index contributed by atoms with van der Waals surface area (Å²) in [5.74, 6) is -0.488. The average Bonchev–Trinajstić information content (AvgIpc) is 2.66. The summed E-state index contributed by atoms with van der Waals surface area (Å²) >= 11 is 7.96. The Hall–Kier alpha value is -1.35. The molecule has 0 saturated carbocycles. The molecule has 0 bridgehead atoms. The van der Waals surface area contributed by atoms with Gasteiger partial charge >= 0.3 is 12.1 Å². The molecule has 0 aromatic carbocycles. The van der Waals surface area contributed by atoms with Gasteiger partial charge < -0.3 is 4.90 Å². The highest BCUT2D eigenvalue weighted by atomic mass is 79.9. The molecule has 6 amide bonds. The summed E-state index contributed by atoms with van der Waals surface area (Å²) in [7, 11) is 3.08. The van der Waals surface area contributed by atoms with Crippen LogP contribution in [0.3, 0.4) is 0 Å². The third-order valence-electron chi connectivity index (χ3n) is 2.23. The third kappa shape index (κ3) is 2.91. The van der Waals surface area contributed by atoms with Crippen LogP contribution in [0.25, 0.3) is 0 Å². The standard InChI is InChI=1S/C5H8N2O2.C3H2BrClN2O2/c1-6-3-4(8)7(2)5(6)9;4-7-2(8)1-6(5)3(7)9/h3H2,1-2H3;1H2. The van der Waals surface area contributed by atoms with Gasteiger partial charge in [-0.1, -0.05) is 0 Å². The lowest BCUT2D eigenvalue weighted by molar-refractivity contribution is -0.124. The Kier molecular flexibility index (Phi) is 4.52. The zero-order valence-corrected chi connectivity index (χ0v) is 11.9. The largest absolute Gasteiger partial charge is 0.352 e. The van der Waals surface area contributed by atoms with Crippen molar-refractivity contribution in [2.45, 2.75) is 0 Å². The lowest BCUT2D eigenvalue weighted by Gasteiger charge is -2.05. The smallest absolute Gasteiger partial charge is 0.318 e. The molecule has 0 aromatic rings. The number of urea groups is 2. The van der Waals surface area contributed by atoms with Gasteiger partial charge in [0, 0.05) is 25.9 Å². The molecule has 0 spiro atoms. The van der Waals surface area contributed by atoms with Gasteiger partial charge in [0.2, 0.25) is 5.91 Å². The number of imide groups is 2. The van der Waals surface area contributed by atoms with E-state index in [1.165, 1.54) is 11.9 Å². The maximum Gasteiger partial charge on any atom is 0.352 e. The first kappa shape index (κ1) is 14.7. The molecule has 10 heteroatoms. The molecule has 2 saturated heterocycles. The normalized spacial score (nSPS) is 19.8. The molecule has 0 aromatic heterocycles. The molecule has 18 heavy (non-hydrogen) atoms. The van der Waals surface area contributed by atoms with Crippen LogP contribution in [-0.4, -0.2) is 69.2 Å². The number of halogens is 2. The van der Waals surface area contributed by atoms with Crippen molar-refractivity contribution >= 4 is 51.8 Å². The van der Waals surface area contributed by atoms with Crippen LogP contribution in [0.5, 0.6) is 0 Å². The number of nitrogens with zero attached hydrogens (tertiary/aromatic N) is 4. The van der Waals surface area contributed by atoms with Crippen LogP contribution in [0.15, 0.2) is 0 Å². The second kappa shape index (κ2) is 5.53. The van der Waals surface area contributed by atoms with Crippen LogP contribution in [0.1, 0.15) is 0 Å². The van der Waals surface area contributed by atoms with Crippen molar-refractivity contribution in [3.05, 3.63) is 0 Å². The number of rotatable bonds is 0. The Morgan fingerprint density at radius 3 is 1.67 bits per heavy atom. The Morgan fingerprint density at radius 2 is 1.56 bits per heavy atom. The van der Waals surface area contributed by atoms with Crippen molar-refractivity contribution in [1.82, 2.24) is 18.1 Å². The van der Waals surface area contributed by atoms with Crippen molar-refractivity contribution in [3.8, 4) is 0 Å². The van der Waals surface area contributed by atoms with Gasteiger partial charge in [-0.05, 0) is 0 Å². The monoisotopic (exact) mass is 340 g/mol. The Balaban J connectivity index is 0.000000180. The number of hydrogen-bond acceptors (Lipinski definition) is 4. The van der Waals surface area contributed by atoms with Crippen LogP contribution >= 0.6 is 27.9 Å². The summed E-state index contributed by atoms with van der Waals surface area (Å²) in [5.41, 5.74) is 0. The predicted octanol–water partition coefficient (Wildman–Crippen LogP) is 0.225. The third-order valence-corrected chi connectivity index (χ3v) is 3.19.